The minimum Gasteiger partial charge on any atom is -0.496 e. The second kappa shape index (κ2) is 7.07. The Morgan fingerprint density at radius 2 is 2.00 bits per heavy atom. The van der Waals surface area contributed by atoms with Gasteiger partial charge in [-0.25, -0.2) is 9.50 Å². The molecule has 5 rings (SSSR count). The first-order valence-electron chi connectivity index (χ1n) is 9.42. The number of fused-ring (bicyclic) bond motifs is 2. The number of para-hydroxylation sites is 1. The van der Waals surface area contributed by atoms with Gasteiger partial charge in [0.15, 0.2) is 6.61 Å². The summed E-state index contributed by atoms with van der Waals surface area (Å²) in [5, 5.41) is 7.87. The summed E-state index contributed by atoms with van der Waals surface area (Å²) in [6.45, 7) is 0.0288. The van der Waals surface area contributed by atoms with Gasteiger partial charge in [0.05, 0.1) is 30.2 Å². The van der Waals surface area contributed by atoms with Crippen molar-refractivity contribution in [3.8, 4) is 22.8 Å². The standard InChI is InChI=1S/C22H19N5O3/c1-26-18-9-7-14(11-20(18)30-13-21(26)28)24-22-23-12-15-8-10-17(27(15)25-22)16-5-3-4-6-19(16)29-2/h3-12H,13H2,1-2H3,(H,24,25). The molecule has 1 amide bonds. The summed E-state index contributed by atoms with van der Waals surface area (Å²) in [5.74, 6) is 1.78. The van der Waals surface area contributed by atoms with Gasteiger partial charge in [-0.2, -0.15) is 0 Å². The molecule has 0 saturated carbocycles. The Kier molecular flexibility index (Phi) is 4.24. The Balaban J connectivity index is 1.50. The normalized spacial score (nSPS) is 13.1. The first-order valence-corrected chi connectivity index (χ1v) is 9.42. The molecule has 1 aliphatic heterocycles. The van der Waals surface area contributed by atoms with Gasteiger partial charge >= 0.3 is 0 Å². The smallest absolute Gasteiger partial charge is 0.264 e. The second-order valence-corrected chi connectivity index (χ2v) is 6.89. The number of carbonyl (C=O) groups excluding carboxylic acids is 1. The molecule has 8 heteroatoms. The molecule has 0 aliphatic carbocycles. The zero-order valence-electron chi connectivity index (χ0n) is 16.5. The fraction of sp³-hybridized carbons (Fsp3) is 0.136. The number of methoxy groups -OCH3 is 1. The van der Waals surface area contributed by atoms with Crippen molar-refractivity contribution in [2.75, 3.05) is 31.0 Å². The van der Waals surface area contributed by atoms with Crippen molar-refractivity contribution in [2.45, 2.75) is 0 Å². The number of ether oxygens (including phenoxy) is 2. The third kappa shape index (κ3) is 2.98. The molecule has 0 fully saturated rings. The van der Waals surface area contributed by atoms with Crippen LogP contribution < -0.4 is 19.7 Å². The van der Waals surface area contributed by atoms with E-state index in [0.29, 0.717) is 11.7 Å². The second-order valence-electron chi connectivity index (χ2n) is 6.89. The number of nitrogens with one attached hydrogen (secondary N) is 1. The molecular formula is C22H19N5O3. The lowest BCUT2D eigenvalue weighted by molar-refractivity contribution is -0.120. The first-order chi connectivity index (χ1) is 14.6. The van der Waals surface area contributed by atoms with Crippen LogP contribution in [0.5, 0.6) is 11.5 Å². The molecule has 2 aromatic carbocycles. The average Bonchev–Trinajstić information content (AvgIpc) is 3.19. The van der Waals surface area contributed by atoms with Crippen LogP contribution >= 0.6 is 0 Å². The van der Waals surface area contributed by atoms with Crippen molar-refractivity contribution < 1.29 is 14.3 Å². The number of nitrogens with zero attached hydrogens (tertiary/aromatic N) is 4. The molecule has 0 spiro atoms. The van der Waals surface area contributed by atoms with Crippen LogP contribution in [0, 0.1) is 0 Å². The van der Waals surface area contributed by atoms with E-state index < -0.39 is 0 Å². The van der Waals surface area contributed by atoms with E-state index in [9.17, 15) is 4.79 Å². The summed E-state index contributed by atoms with van der Waals surface area (Å²) in [6, 6.07) is 17.3. The highest BCUT2D eigenvalue weighted by Crippen LogP contribution is 2.34. The van der Waals surface area contributed by atoms with E-state index in [0.717, 1.165) is 33.9 Å². The van der Waals surface area contributed by atoms with Crippen molar-refractivity contribution in [3.05, 3.63) is 60.8 Å². The fourth-order valence-electron chi connectivity index (χ4n) is 3.50. The predicted molar refractivity (Wildman–Crippen MR) is 114 cm³/mol. The third-order valence-electron chi connectivity index (χ3n) is 5.08. The van der Waals surface area contributed by atoms with Gasteiger partial charge in [-0.15, -0.1) is 5.10 Å². The average molecular weight is 401 g/mol. The lowest BCUT2D eigenvalue weighted by Gasteiger charge is -2.26. The lowest BCUT2D eigenvalue weighted by atomic mass is 10.1. The summed E-state index contributed by atoms with van der Waals surface area (Å²) >= 11 is 0. The SMILES string of the molecule is COc1ccccc1-c1ccc2cnc(Nc3ccc4c(c3)OCC(=O)N4C)nn12. The van der Waals surface area contributed by atoms with Gasteiger partial charge in [0.25, 0.3) is 5.91 Å². The number of likely N-dealkylation sites (N-methyl/N-ethyl adjacent to an activating group) is 1. The van der Waals surface area contributed by atoms with Crippen LogP contribution in [0.25, 0.3) is 16.8 Å². The monoisotopic (exact) mass is 401 g/mol. The topological polar surface area (TPSA) is 81.0 Å². The molecule has 1 aliphatic rings. The van der Waals surface area contributed by atoms with E-state index in [4.69, 9.17) is 9.47 Å². The Morgan fingerprint density at radius 3 is 2.87 bits per heavy atom. The number of rotatable bonds is 4. The molecule has 30 heavy (non-hydrogen) atoms. The molecular weight excluding hydrogens is 382 g/mol. The van der Waals surface area contributed by atoms with Gasteiger partial charge in [0.1, 0.15) is 11.5 Å². The zero-order valence-corrected chi connectivity index (χ0v) is 16.5. The van der Waals surface area contributed by atoms with Crippen LogP contribution in [0.4, 0.5) is 17.3 Å². The highest BCUT2D eigenvalue weighted by molar-refractivity contribution is 5.97. The fourth-order valence-corrected chi connectivity index (χ4v) is 3.50. The highest BCUT2D eigenvalue weighted by atomic mass is 16.5. The molecule has 0 bridgehead atoms. The molecule has 0 saturated heterocycles. The summed E-state index contributed by atoms with van der Waals surface area (Å²) in [6.07, 6.45) is 1.76. The summed E-state index contributed by atoms with van der Waals surface area (Å²) in [7, 11) is 3.39. The van der Waals surface area contributed by atoms with Gasteiger partial charge in [0, 0.05) is 24.4 Å². The summed E-state index contributed by atoms with van der Waals surface area (Å²) < 4.78 is 12.9. The van der Waals surface area contributed by atoms with Crippen molar-refractivity contribution in [2.24, 2.45) is 0 Å². The van der Waals surface area contributed by atoms with Crippen molar-refractivity contribution in [1.29, 1.82) is 0 Å². The molecule has 0 unspecified atom stereocenters. The maximum Gasteiger partial charge on any atom is 0.264 e. The van der Waals surface area contributed by atoms with Gasteiger partial charge in [-0.05, 0) is 36.4 Å². The van der Waals surface area contributed by atoms with Gasteiger partial charge in [-0.3, -0.25) is 4.79 Å². The van der Waals surface area contributed by atoms with Crippen LogP contribution in [0.1, 0.15) is 0 Å². The van der Waals surface area contributed by atoms with E-state index in [-0.39, 0.29) is 12.5 Å². The molecule has 1 N–H and O–H groups in total. The first kappa shape index (κ1) is 18.0. The summed E-state index contributed by atoms with van der Waals surface area (Å²) in [5.41, 5.74) is 4.22. The molecule has 0 atom stereocenters. The zero-order chi connectivity index (χ0) is 20.7. The van der Waals surface area contributed by atoms with Crippen LogP contribution in [-0.2, 0) is 4.79 Å². The largest absolute Gasteiger partial charge is 0.496 e. The summed E-state index contributed by atoms with van der Waals surface area (Å²) in [4.78, 5) is 17.8. The Bertz CT molecular complexity index is 1270. The minimum absolute atomic E-state index is 0.0288. The lowest BCUT2D eigenvalue weighted by Crippen LogP contribution is -2.35. The number of hydrogen-bond acceptors (Lipinski definition) is 6. The Labute approximate surface area is 172 Å². The predicted octanol–water partition coefficient (Wildman–Crippen LogP) is 3.50. The molecule has 150 valence electrons. The van der Waals surface area contributed by atoms with Crippen LogP contribution in [0.2, 0.25) is 0 Å². The van der Waals surface area contributed by atoms with Crippen LogP contribution in [0.3, 0.4) is 0 Å². The van der Waals surface area contributed by atoms with Crippen LogP contribution in [-0.4, -0.2) is 41.3 Å². The maximum absolute atomic E-state index is 11.8. The number of aromatic nitrogens is 3. The number of hydrogen-bond donors (Lipinski definition) is 1. The van der Waals surface area contributed by atoms with Gasteiger partial charge < -0.3 is 19.7 Å². The number of amides is 1. The number of benzene rings is 2. The minimum atomic E-state index is -0.0755. The number of anilines is 3. The van der Waals surface area contributed by atoms with Crippen molar-refractivity contribution in [1.82, 2.24) is 14.6 Å². The third-order valence-corrected chi connectivity index (χ3v) is 5.08. The molecule has 0 radical (unpaired) electrons. The van der Waals surface area contributed by atoms with Crippen molar-refractivity contribution >= 4 is 28.7 Å². The highest BCUT2D eigenvalue weighted by Gasteiger charge is 2.22. The van der Waals surface area contributed by atoms with Gasteiger partial charge in [-0.1, -0.05) is 12.1 Å². The molecule has 4 aromatic rings. The molecule has 8 nitrogen and oxygen atoms in total. The van der Waals surface area contributed by atoms with Gasteiger partial charge in [0.2, 0.25) is 5.95 Å². The Morgan fingerprint density at radius 1 is 1.13 bits per heavy atom. The van der Waals surface area contributed by atoms with E-state index in [1.165, 1.54) is 0 Å². The maximum atomic E-state index is 11.8. The molecule has 2 aromatic heterocycles. The van der Waals surface area contributed by atoms with Crippen LogP contribution in [0.15, 0.2) is 60.8 Å². The van der Waals surface area contributed by atoms with Crippen molar-refractivity contribution in [3.63, 3.8) is 0 Å². The number of carbonyl (C=O) groups is 1. The van der Waals surface area contributed by atoms with E-state index in [2.05, 4.69) is 15.4 Å². The van der Waals surface area contributed by atoms with E-state index in [1.807, 2.05) is 59.1 Å². The van der Waals surface area contributed by atoms with E-state index >= 15 is 0 Å². The Hall–Kier alpha value is -4.07. The quantitative estimate of drug-likeness (QED) is 0.564. The van der Waals surface area contributed by atoms with E-state index in [1.54, 1.807) is 25.3 Å². The molecule has 3 heterocycles.